The van der Waals surface area contributed by atoms with Crippen LogP contribution in [0.15, 0.2) is 18.2 Å². The second-order valence-corrected chi connectivity index (χ2v) is 8.08. The van der Waals surface area contributed by atoms with E-state index in [-0.39, 0.29) is 0 Å². The molecule has 2 aliphatic rings. The van der Waals surface area contributed by atoms with Gasteiger partial charge in [0.25, 0.3) is 0 Å². The van der Waals surface area contributed by atoms with Gasteiger partial charge in [0.05, 0.1) is 15.6 Å². The van der Waals surface area contributed by atoms with E-state index in [4.69, 9.17) is 27.9 Å². The fourth-order valence-electron chi connectivity index (χ4n) is 3.94. The predicted molar refractivity (Wildman–Crippen MR) is 99.2 cm³/mol. The summed E-state index contributed by atoms with van der Waals surface area (Å²) in [7, 11) is 0. The van der Waals surface area contributed by atoms with E-state index in [9.17, 15) is 5.11 Å². The number of aliphatic hydroxyl groups is 1. The topological polar surface area (TPSA) is 32.7 Å². The van der Waals surface area contributed by atoms with E-state index >= 15 is 0 Å². The van der Waals surface area contributed by atoms with Crippen LogP contribution in [-0.4, -0.2) is 41.3 Å². The third-order valence-electron chi connectivity index (χ3n) is 5.44. The highest BCUT2D eigenvalue weighted by atomic mass is 35.5. The summed E-state index contributed by atoms with van der Waals surface area (Å²) in [6, 6.07) is 5.94. The number of nitrogens with zero attached hydrogens (tertiary/aromatic N) is 1. The van der Waals surface area contributed by atoms with E-state index in [1.807, 2.05) is 0 Å². The molecule has 0 spiro atoms. The van der Waals surface area contributed by atoms with Crippen LogP contribution in [0.25, 0.3) is 0 Å². The third kappa shape index (κ3) is 4.78. The lowest BCUT2D eigenvalue weighted by molar-refractivity contribution is -0.0178. The van der Waals surface area contributed by atoms with Gasteiger partial charge < -0.3 is 14.7 Å². The van der Waals surface area contributed by atoms with Gasteiger partial charge in [-0.25, -0.2) is 0 Å². The molecule has 0 unspecified atom stereocenters. The molecule has 1 saturated heterocycles. The van der Waals surface area contributed by atoms with Gasteiger partial charge in [0.15, 0.2) is 0 Å². The van der Waals surface area contributed by atoms with E-state index in [1.165, 1.54) is 32.1 Å². The number of likely N-dealkylation sites (tertiary alicyclic amines) is 1. The van der Waals surface area contributed by atoms with Crippen molar-refractivity contribution in [3.63, 3.8) is 0 Å². The second kappa shape index (κ2) is 8.27. The molecule has 3 rings (SSSR count). The molecule has 1 atom stereocenters. The maximum Gasteiger partial charge on any atom is 0.121 e. The monoisotopic (exact) mass is 371 g/mol. The third-order valence-corrected chi connectivity index (χ3v) is 6.18. The molecule has 24 heavy (non-hydrogen) atoms. The largest absolute Gasteiger partial charge is 0.491 e. The average Bonchev–Trinajstić information content (AvgIpc) is 2.79. The van der Waals surface area contributed by atoms with Crippen LogP contribution in [-0.2, 0) is 0 Å². The first kappa shape index (κ1) is 18.3. The summed E-state index contributed by atoms with van der Waals surface area (Å²) in [6.45, 7) is 2.37. The molecule has 134 valence electrons. The van der Waals surface area contributed by atoms with Gasteiger partial charge in [0, 0.05) is 18.7 Å². The zero-order valence-corrected chi connectivity index (χ0v) is 15.7. The Morgan fingerprint density at radius 1 is 1.04 bits per heavy atom. The Kier molecular flexibility index (Phi) is 6.31. The van der Waals surface area contributed by atoms with Gasteiger partial charge in [-0.15, -0.1) is 0 Å². The molecule has 1 aromatic rings. The molecule has 5 heteroatoms. The van der Waals surface area contributed by atoms with Crippen molar-refractivity contribution in [3.8, 4) is 5.75 Å². The molecule has 1 aliphatic heterocycles. The first-order chi connectivity index (χ1) is 11.6. The molecule has 0 aromatic heterocycles. The van der Waals surface area contributed by atoms with Gasteiger partial charge in [-0.2, -0.15) is 0 Å². The standard InChI is InChI=1S/C19H27Cl2NO2/c20-17-8-7-16(13-18(17)21)24-14-19(23)9-4-11-22(12-10-19)15-5-2-1-3-6-15/h7-8,13,15,23H,1-6,9-12,14H2/t19-/m0/s1. The molecule has 3 nitrogen and oxygen atoms in total. The van der Waals surface area contributed by atoms with Crippen molar-refractivity contribution in [2.24, 2.45) is 0 Å². The molecule has 1 aliphatic carbocycles. The van der Waals surface area contributed by atoms with Crippen molar-refractivity contribution in [2.45, 2.75) is 63.0 Å². The van der Waals surface area contributed by atoms with Crippen LogP contribution in [0.2, 0.25) is 10.0 Å². The molecular weight excluding hydrogens is 345 g/mol. The molecular formula is C19H27Cl2NO2. The normalized spacial score (nSPS) is 27.0. The molecule has 1 N–H and O–H groups in total. The van der Waals surface area contributed by atoms with Crippen LogP contribution in [0.3, 0.4) is 0 Å². The summed E-state index contributed by atoms with van der Waals surface area (Å²) in [4.78, 5) is 2.59. The summed E-state index contributed by atoms with van der Waals surface area (Å²) in [5.74, 6) is 0.659. The summed E-state index contributed by atoms with van der Waals surface area (Å²) in [5, 5.41) is 11.9. The predicted octanol–water partition coefficient (Wildman–Crippen LogP) is 4.92. The summed E-state index contributed by atoms with van der Waals surface area (Å²) in [6.07, 6.45) is 9.31. The molecule has 2 fully saturated rings. The number of halogens is 2. The van der Waals surface area contributed by atoms with Gasteiger partial charge >= 0.3 is 0 Å². The number of hydrogen-bond acceptors (Lipinski definition) is 3. The Hall–Kier alpha value is -0.480. The zero-order chi connectivity index (χ0) is 17.0. The molecule has 1 aromatic carbocycles. The molecule has 0 radical (unpaired) electrons. The van der Waals surface area contributed by atoms with E-state index < -0.39 is 5.60 Å². The van der Waals surface area contributed by atoms with Crippen molar-refractivity contribution in [2.75, 3.05) is 19.7 Å². The minimum Gasteiger partial charge on any atom is -0.491 e. The lowest BCUT2D eigenvalue weighted by atomic mass is 9.94. The number of hydrogen-bond donors (Lipinski definition) is 1. The van der Waals surface area contributed by atoms with Crippen molar-refractivity contribution in [1.82, 2.24) is 4.90 Å². The van der Waals surface area contributed by atoms with Crippen LogP contribution in [0.1, 0.15) is 51.4 Å². The van der Waals surface area contributed by atoms with Crippen LogP contribution < -0.4 is 4.74 Å². The lowest BCUT2D eigenvalue weighted by Gasteiger charge is -2.34. The number of benzene rings is 1. The summed E-state index contributed by atoms with van der Waals surface area (Å²) in [5.41, 5.74) is -0.754. The fourth-order valence-corrected chi connectivity index (χ4v) is 4.23. The average molecular weight is 372 g/mol. The maximum atomic E-state index is 10.9. The van der Waals surface area contributed by atoms with Gasteiger partial charge in [-0.3, -0.25) is 0 Å². The van der Waals surface area contributed by atoms with E-state index in [0.29, 0.717) is 22.4 Å². The van der Waals surface area contributed by atoms with Crippen molar-refractivity contribution in [3.05, 3.63) is 28.2 Å². The van der Waals surface area contributed by atoms with Crippen LogP contribution in [0.5, 0.6) is 5.75 Å². The lowest BCUT2D eigenvalue weighted by Crippen LogP contribution is -2.40. The van der Waals surface area contributed by atoms with Crippen molar-refractivity contribution < 1.29 is 9.84 Å². The summed E-state index contributed by atoms with van der Waals surface area (Å²) >= 11 is 11.9. The Morgan fingerprint density at radius 2 is 1.83 bits per heavy atom. The quantitative estimate of drug-likeness (QED) is 0.814. The Bertz CT molecular complexity index is 548. The Labute approximate surface area is 154 Å². The highest BCUT2D eigenvalue weighted by molar-refractivity contribution is 6.42. The SMILES string of the molecule is O[C@@]1(COc2ccc(Cl)c(Cl)c2)CCCN(C2CCCCC2)CC1. The van der Waals surface area contributed by atoms with Gasteiger partial charge in [0.2, 0.25) is 0 Å². The maximum absolute atomic E-state index is 10.9. The Morgan fingerprint density at radius 3 is 2.58 bits per heavy atom. The van der Waals surface area contributed by atoms with Gasteiger partial charge in [-0.1, -0.05) is 42.5 Å². The molecule has 0 amide bonds. The van der Waals surface area contributed by atoms with Crippen molar-refractivity contribution >= 4 is 23.2 Å². The molecule has 0 bridgehead atoms. The minimum absolute atomic E-state index is 0.309. The second-order valence-electron chi connectivity index (χ2n) is 7.27. The molecule has 1 saturated carbocycles. The van der Waals surface area contributed by atoms with Crippen LogP contribution in [0, 0.1) is 0 Å². The van der Waals surface area contributed by atoms with E-state index in [1.54, 1.807) is 18.2 Å². The summed E-state index contributed by atoms with van der Waals surface area (Å²) < 4.78 is 5.81. The van der Waals surface area contributed by atoms with Crippen molar-refractivity contribution in [1.29, 1.82) is 0 Å². The highest BCUT2D eigenvalue weighted by Crippen LogP contribution is 2.30. The number of rotatable bonds is 4. The minimum atomic E-state index is -0.754. The zero-order valence-electron chi connectivity index (χ0n) is 14.1. The first-order valence-electron chi connectivity index (χ1n) is 9.10. The van der Waals surface area contributed by atoms with Crippen LogP contribution >= 0.6 is 23.2 Å². The van der Waals surface area contributed by atoms with Gasteiger partial charge in [-0.05, 0) is 50.8 Å². The molecule has 1 heterocycles. The Balaban J connectivity index is 1.54. The highest BCUT2D eigenvalue weighted by Gasteiger charge is 2.33. The fraction of sp³-hybridized carbons (Fsp3) is 0.684. The van der Waals surface area contributed by atoms with Gasteiger partial charge in [0.1, 0.15) is 12.4 Å². The van der Waals surface area contributed by atoms with E-state index in [2.05, 4.69) is 4.90 Å². The smallest absolute Gasteiger partial charge is 0.121 e. The first-order valence-corrected chi connectivity index (χ1v) is 9.86. The van der Waals surface area contributed by atoms with Crippen LogP contribution in [0.4, 0.5) is 0 Å². The van der Waals surface area contributed by atoms with E-state index in [0.717, 1.165) is 38.4 Å². The number of ether oxygens (including phenoxy) is 1.